The molecular formula is C28H26FN3O4S. The van der Waals surface area contributed by atoms with Gasteiger partial charge >= 0.3 is 5.69 Å². The third-order valence-corrected chi connectivity index (χ3v) is 6.87. The number of halogens is 1. The number of hydrogen-bond donors (Lipinski definition) is 1. The second-order valence-corrected chi connectivity index (χ2v) is 9.52. The summed E-state index contributed by atoms with van der Waals surface area (Å²) < 4.78 is 15.5. The first-order chi connectivity index (χ1) is 17.9. The van der Waals surface area contributed by atoms with Crippen LogP contribution < -0.4 is 16.6 Å². The molecule has 0 unspecified atom stereocenters. The van der Waals surface area contributed by atoms with E-state index in [0.717, 1.165) is 16.1 Å². The van der Waals surface area contributed by atoms with Gasteiger partial charge in [-0.3, -0.25) is 23.5 Å². The summed E-state index contributed by atoms with van der Waals surface area (Å²) in [5, 5.41) is 3.09. The summed E-state index contributed by atoms with van der Waals surface area (Å²) in [7, 11) is 0. The molecule has 0 fully saturated rings. The van der Waals surface area contributed by atoms with E-state index in [4.69, 9.17) is 0 Å². The minimum atomic E-state index is -0.676. The standard InChI is InChI=1S/C28H26FN3O4S/c29-22-12-10-21(11-13-22)25(33)18-32-24-9-5-4-8-23(24)27(35)31(28(32)36)16-14-26(34)30-15-17-37-19-20-6-2-1-3-7-20/h1-13H,14-19H2,(H,30,34). The summed E-state index contributed by atoms with van der Waals surface area (Å²) in [5.41, 5.74) is 0.593. The van der Waals surface area contributed by atoms with Gasteiger partial charge < -0.3 is 5.32 Å². The smallest absolute Gasteiger partial charge is 0.331 e. The Morgan fingerprint density at radius 3 is 2.32 bits per heavy atom. The Morgan fingerprint density at radius 2 is 1.57 bits per heavy atom. The van der Waals surface area contributed by atoms with Crippen molar-refractivity contribution in [2.75, 3.05) is 12.3 Å². The maximum Gasteiger partial charge on any atom is 0.331 e. The van der Waals surface area contributed by atoms with Crippen LogP contribution in [-0.2, 0) is 23.6 Å². The predicted molar refractivity (Wildman–Crippen MR) is 143 cm³/mol. The summed E-state index contributed by atoms with van der Waals surface area (Å²) in [6.07, 6.45) is -0.0528. The van der Waals surface area contributed by atoms with E-state index in [1.54, 1.807) is 36.0 Å². The minimum absolute atomic E-state index is 0.0528. The zero-order valence-electron chi connectivity index (χ0n) is 20.1. The molecule has 0 atom stereocenters. The lowest BCUT2D eigenvalue weighted by atomic mass is 10.1. The van der Waals surface area contributed by atoms with Gasteiger partial charge in [0.25, 0.3) is 5.56 Å². The van der Waals surface area contributed by atoms with Crippen molar-refractivity contribution >= 4 is 34.4 Å². The highest BCUT2D eigenvalue weighted by atomic mass is 32.2. The number of aromatic nitrogens is 2. The van der Waals surface area contributed by atoms with Gasteiger partial charge in [0.1, 0.15) is 5.82 Å². The molecule has 1 heterocycles. The molecule has 37 heavy (non-hydrogen) atoms. The Morgan fingerprint density at radius 1 is 0.865 bits per heavy atom. The van der Waals surface area contributed by atoms with Gasteiger partial charge in [-0.05, 0) is 42.0 Å². The molecule has 0 saturated carbocycles. The molecule has 0 aliphatic carbocycles. The van der Waals surface area contributed by atoms with Gasteiger partial charge in [0, 0.05) is 36.6 Å². The maximum atomic E-state index is 13.2. The molecule has 0 saturated heterocycles. The molecule has 1 aromatic heterocycles. The second-order valence-electron chi connectivity index (χ2n) is 8.41. The number of hydrogen-bond acceptors (Lipinski definition) is 5. The third kappa shape index (κ3) is 6.62. The van der Waals surface area contributed by atoms with Crippen molar-refractivity contribution in [2.45, 2.75) is 25.3 Å². The van der Waals surface area contributed by atoms with Crippen LogP contribution in [0.3, 0.4) is 0 Å². The van der Waals surface area contributed by atoms with E-state index >= 15 is 0 Å². The number of nitrogens with zero attached hydrogens (tertiary/aromatic N) is 2. The summed E-state index contributed by atoms with van der Waals surface area (Å²) >= 11 is 1.70. The van der Waals surface area contributed by atoms with Crippen molar-refractivity contribution in [2.24, 2.45) is 0 Å². The van der Waals surface area contributed by atoms with Crippen LogP contribution in [0, 0.1) is 5.82 Å². The van der Waals surface area contributed by atoms with E-state index in [0.29, 0.717) is 12.1 Å². The fourth-order valence-corrected chi connectivity index (χ4v) is 4.74. The normalized spacial score (nSPS) is 10.9. The van der Waals surface area contributed by atoms with Crippen LogP contribution in [0.5, 0.6) is 0 Å². The Balaban J connectivity index is 1.43. The number of carbonyl (C=O) groups excluding carboxylic acids is 2. The zero-order chi connectivity index (χ0) is 26.2. The van der Waals surface area contributed by atoms with Crippen LogP contribution in [0.4, 0.5) is 4.39 Å². The van der Waals surface area contributed by atoms with Crippen molar-refractivity contribution < 1.29 is 14.0 Å². The highest BCUT2D eigenvalue weighted by Gasteiger charge is 2.17. The van der Waals surface area contributed by atoms with Crippen LogP contribution in [0.1, 0.15) is 22.3 Å². The molecule has 0 aliphatic rings. The van der Waals surface area contributed by atoms with Crippen LogP contribution >= 0.6 is 11.8 Å². The Kier molecular flexibility index (Phi) is 8.68. The quantitative estimate of drug-likeness (QED) is 0.242. The Hall–Kier alpha value is -3.98. The zero-order valence-corrected chi connectivity index (χ0v) is 20.9. The Labute approximate surface area is 216 Å². The van der Waals surface area contributed by atoms with Gasteiger partial charge in [0.15, 0.2) is 5.78 Å². The van der Waals surface area contributed by atoms with Crippen molar-refractivity contribution in [1.29, 1.82) is 0 Å². The SMILES string of the molecule is O=C(CCn1c(=O)c2ccccc2n(CC(=O)c2ccc(F)cc2)c1=O)NCCSCc1ccccc1. The van der Waals surface area contributed by atoms with E-state index in [1.807, 2.05) is 30.3 Å². The first-order valence-corrected chi connectivity index (χ1v) is 13.0. The fraction of sp³-hybridized carbons (Fsp3) is 0.214. The number of benzene rings is 3. The van der Waals surface area contributed by atoms with Crippen molar-refractivity contribution in [3.8, 4) is 0 Å². The van der Waals surface area contributed by atoms with E-state index < -0.39 is 22.8 Å². The molecule has 1 N–H and O–H groups in total. The van der Waals surface area contributed by atoms with Crippen LogP contribution in [0.25, 0.3) is 10.9 Å². The highest BCUT2D eigenvalue weighted by molar-refractivity contribution is 7.98. The van der Waals surface area contributed by atoms with Gasteiger partial charge in [-0.25, -0.2) is 9.18 Å². The summed E-state index contributed by atoms with van der Waals surface area (Å²) in [6, 6.07) is 21.6. The molecular weight excluding hydrogens is 493 g/mol. The first-order valence-electron chi connectivity index (χ1n) is 11.8. The van der Waals surface area contributed by atoms with Crippen molar-refractivity contribution in [3.63, 3.8) is 0 Å². The average Bonchev–Trinajstić information content (AvgIpc) is 2.91. The molecule has 4 aromatic rings. The fourth-order valence-electron chi connectivity index (χ4n) is 3.92. The number of amides is 1. The van der Waals surface area contributed by atoms with E-state index in [1.165, 1.54) is 34.4 Å². The minimum Gasteiger partial charge on any atom is -0.355 e. The molecule has 190 valence electrons. The number of Topliss-reactive ketones (excluding diaryl/α,β-unsaturated/α-hetero) is 1. The Bertz CT molecular complexity index is 1510. The summed E-state index contributed by atoms with van der Waals surface area (Å²) in [6.45, 7) is 0.0334. The van der Waals surface area contributed by atoms with E-state index in [9.17, 15) is 23.6 Å². The lowest BCUT2D eigenvalue weighted by Crippen LogP contribution is -2.42. The van der Waals surface area contributed by atoms with Crippen molar-refractivity contribution in [3.05, 3.63) is 117 Å². The maximum absolute atomic E-state index is 13.2. The lowest BCUT2D eigenvalue weighted by molar-refractivity contribution is -0.121. The molecule has 0 bridgehead atoms. The van der Waals surface area contributed by atoms with Gasteiger partial charge in [0.2, 0.25) is 5.91 Å². The largest absolute Gasteiger partial charge is 0.355 e. The topological polar surface area (TPSA) is 90.2 Å². The summed E-state index contributed by atoms with van der Waals surface area (Å²) in [5.74, 6) is 0.437. The molecule has 4 rings (SSSR count). The number of thioether (sulfide) groups is 1. The first kappa shape index (κ1) is 26.1. The number of nitrogens with one attached hydrogen (secondary N) is 1. The number of carbonyl (C=O) groups is 2. The number of rotatable bonds is 11. The molecule has 0 radical (unpaired) electrons. The molecule has 9 heteroatoms. The van der Waals surface area contributed by atoms with Crippen LogP contribution in [-0.4, -0.2) is 33.1 Å². The predicted octanol–water partition coefficient (Wildman–Crippen LogP) is 3.62. The molecule has 1 amide bonds. The summed E-state index contributed by atoms with van der Waals surface area (Å²) in [4.78, 5) is 51.5. The van der Waals surface area contributed by atoms with E-state index in [2.05, 4.69) is 5.32 Å². The number of ketones is 1. The number of fused-ring (bicyclic) bond motifs is 1. The molecule has 3 aromatic carbocycles. The van der Waals surface area contributed by atoms with E-state index in [-0.39, 0.29) is 36.4 Å². The number of para-hydroxylation sites is 1. The molecule has 0 aliphatic heterocycles. The van der Waals surface area contributed by atoms with Crippen LogP contribution in [0.2, 0.25) is 0 Å². The monoisotopic (exact) mass is 519 g/mol. The highest BCUT2D eigenvalue weighted by Crippen LogP contribution is 2.12. The van der Waals surface area contributed by atoms with Gasteiger partial charge in [-0.15, -0.1) is 0 Å². The van der Waals surface area contributed by atoms with Gasteiger partial charge in [0.05, 0.1) is 17.4 Å². The van der Waals surface area contributed by atoms with Gasteiger partial charge in [-0.2, -0.15) is 11.8 Å². The molecule has 0 spiro atoms. The van der Waals surface area contributed by atoms with Gasteiger partial charge in [-0.1, -0.05) is 42.5 Å². The average molecular weight is 520 g/mol. The third-order valence-electron chi connectivity index (χ3n) is 5.84. The lowest BCUT2D eigenvalue weighted by Gasteiger charge is -2.14. The second kappa shape index (κ2) is 12.3. The van der Waals surface area contributed by atoms with Crippen LogP contribution in [0.15, 0.2) is 88.5 Å². The molecule has 7 nitrogen and oxygen atoms in total. The van der Waals surface area contributed by atoms with Crippen molar-refractivity contribution in [1.82, 2.24) is 14.5 Å².